The predicted molar refractivity (Wildman–Crippen MR) is 71.1 cm³/mol. The first-order valence-corrected chi connectivity index (χ1v) is 6.07. The number of hydrogen-bond acceptors (Lipinski definition) is 2. The lowest BCUT2D eigenvalue weighted by Crippen LogP contribution is -2.32. The molecule has 0 aromatic heterocycles. The molecule has 94 valence electrons. The summed E-state index contributed by atoms with van der Waals surface area (Å²) < 4.78 is 0. The maximum Gasteiger partial charge on any atom is 0.222 e. The first-order valence-electron chi connectivity index (χ1n) is 6.07. The van der Waals surface area contributed by atoms with Crippen LogP contribution in [0.1, 0.15) is 17.5 Å². The van der Waals surface area contributed by atoms with Crippen LogP contribution in [0.2, 0.25) is 0 Å². The van der Waals surface area contributed by atoms with E-state index in [0.29, 0.717) is 6.42 Å². The van der Waals surface area contributed by atoms with E-state index < -0.39 is 0 Å². The van der Waals surface area contributed by atoms with Crippen LogP contribution < -0.4 is 5.32 Å². The quantitative estimate of drug-likeness (QED) is 0.811. The highest BCUT2D eigenvalue weighted by Gasteiger charge is 2.07. The number of amides is 1. The molecule has 0 saturated heterocycles. The van der Waals surface area contributed by atoms with Crippen LogP contribution in [0, 0.1) is 6.92 Å². The number of likely N-dealkylation sites (N-methyl/N-ethyl adjacent to an activating group) is 2. The van der Waals surface area contributed by atoms with Crippen LogP contribution in [0.3, 0.4) is 0 Å². The van der Waals surface area contributed by atoms with Crippen molar-refractivity contribution in [3.8, 4) is 0 Å². The summed E-state index contributed by atoms with van der Waals surface area (Å²) in [6.45, 7) is 3.68. The van der Waals surface area contributed by atoms with E-state index in [2.05, 4.69) is 36.5 Å². The monoisotopic (exact) mass is 234 g/mol. The number of carbonyl (C=O) groups excluding carboxylic acids is 1. The first kappa shape index (κ1) is 13.7. The highest BCUT2D eigenvalue weighted by molar-refractivity contribution is 5.76. The predicted octanol–water partition coefficient (Wildman–Crippen LogP) is 1.61. The summed E-state index contributed by atoms with van der Waals surface area (Å²) in [5, 5.41) is 3.04. The molecule has 0 aliphatic rings. The van der Waals surface area contributed by atoms with Gasteiger partial charge in [0.15, 0.2) is 0 Å². The molecule has 1 rings (SSSR count). The first-order chi connectivity index (χ1) is 8.13. The summed E-state index contributed by atoms with van der Waals surface area (Å²) in [7, 11) is 3.75. The van der Waals surface area contributed by atoms with Gasteiger partial charge in [-0.2, -0.15) is 0 Å². The topological polar surface area (TPSA) is 32.3 Å². The molecule has 3 nitrogen and oxygen atoms in total. The van der Waals surface area contributed by atoms with Gasteiger partial charge in [-0.3, -0.25) is 4.79 Å². The summed E-state index contributed by atoms with van der Waals surface area (Å²) in [6.07, 6.45) is 1.41. The Morgan fingerprint density at radius 1 is 1.29 bits per heavy atom. The number of nitrogens with one attached hydrogen (secondary N) is 1. The van der Waals surface area contributed by atoms with Crippen LogP contribution in [-0.2, 0) is 11.2 Å². The summed E-state index contributed by atoms with van der Waals surface area (Å²) >= 11 is 0. The van der Waals surface area contributed by atoms with Gasteiger partial charge in [-0.15, -0.1) is 0 Å². The minimum Gasteiger partial charge on any atom is -0.344 e. The van der Waals surface area contributed by atoms with Gasteiger partial charge in [0.25, 0.3) is 0 Å². The van der Waals surface area contributed by atoms with Crippen LogP contribution >= 0.6 is 0 Å². The second kappa shape index (κ2) is 7.07. The van der Waals surface area contributed by atoms with Gasteiger partial charge in [0.1, 0.15) is 0 Å². The Bertz CT molecular complexity index is 346. The average molecular weight is 234 g/mol. The molecule has 0 fully saturated rings. The smallest absolute Gasteiger partial charge is 0.222 e. The van der Waals surface area contributed by atoms with Crippen molar-refractivity contribution in [1.82, 2.24) is 10.2 Å². The molecule has 0 heterocycles. The number of rotatable bonds is 6. The Hall–Kier alpha value is -1.35. The van der Waals surface area contributed by atoms with Crippen molar-refractivity contribution < 1.29 is 4.79 Å². The van der Waals surface area contributed by atoms with Crippen LogP contribution in [0.15, 0.2) is 24.3 Å². The lowest BCUT2D eigenvalue weighted by molar-refractivity contribution is -0.129. The second-order valence-electron chi connectivity index (χ2n) is 4.40. The molecule has 1 N–H and O–H groups in total. The zero-order valence-corrected chi connectivity index (χ0v) is 11.0. The summed E-state index contributed by atoms with van der Waals surface area (Å²) in [5.41, 5.74) is 2.48. The Labute approximate surface area is 104 Å². The molecular weight excluding hydrogens is 212 g/mol. The van der Waals surface area contributed by atoms with Gasteiger partial charge in [0, 0.05) is 26.6 Å². The SMILES string of the molecule is CNCCN(C)C(=O)CCc1ccc(C)cc1. The molecule has 0 unspecified atom stereocenters. The lowest BCUT2D eigenvalue weighted by Gasteiger charge is -2.16. The van der Waals surface area contributed by atoms with E-state index in [-0.39, 0.29) is 5.91 Å². The zero-order chi connectivity index (χ0) is 12.7. The Kier molecular flexibility index (Phi) is 5.70. The summed E-state index contributed by atoms with van der Waals surface area (Å²) in [6, 6.07) is 8.36. The molecule has 0 radical (unpaired) electrons. The number of hydrogen-bond donors (Lipinski definition) is 1. The van der Waals surface area contributed by atoms with Crippen molar-refractivity contribution in [3.63, 3.8) is 0 Å². The van der Waals surface area contributed by atoms with E-state index >= 15 is 0 Å². The number of benzene rings is 1. The van der Waals surface area contributed by atoms with Gasteiger partial charge in [-0.1, -0.05) is 29.8 Å². The Morgan fingerprint density at radius 2 is 1.94 bits per heavy atom. The maximum absolute atomic E-state index is 11.8. The van der Waals surface area contributed by atoms with Crippen molar-refractivity contribution >= 4 is 5.91 Å². The molecule has 0 bridgehead atoms. The van der Waals surface area contributed by atoms with E-state index in [4.69, 9.17) is 0 Å². The van der Waals surface area contributed by atoms with Gasteiger partial charge in [0.05, 0.1) is 0 Å². The molecule has 0 saturated carbocycles. The average Bonchev–Trinajstić information content (AvgIpc) is 2.34. The molecule has 0 atom stereocenters. The Balaban J connectivity index is 2.34. The van der Waals surface area contributed by atoms with Crippen LogP contribution in [-0.4, -0.2) is 38.0 Å². The number of aryl methyl sites for hydroxylation is 2. The van der Waals surface area contributed by atoms with E-state index in [1.165, 1.54) is 11.1 Å². The normalized spacial score (nSPS) is 10.3. The molecule has 0 aliphatic heterocycles. The van der Waals surface area contributed by atoms with Gasteiger partial charge >= 0.3 is 0 Å². The molecule has 17 heavy (non-hydrogen) atoms. The largest absolute Gasteiger partial charge is 0.344 e. The van der Waals surface area contributed by atoms with Crippen LogP contribution in [0.5, 0.6) is 0 Å². The molecule has 1 aromatic carbocycles. The van der Waals surface area contributed by atoms with Crippen molar-refractivity contribution in [3.05, 3.63) is 35.4 Å². The van der Waals surface area contributed by atoms with Gasteiger partial charge < -0.3 is 10.2 Å². The minimum absolute atomic E-state index is 0.209. The van der Waals surface area contributed by atoms with E-state index in [1.54, 1.807) is 4.90 Å². The second-order valence-corrected chi connectivity index (χ2v) is 4.40. The molecule has 3 heteroatoms. The van der Waals surface area contributed by atoms with E-state index in [1.807, 2.05) is 14.1 Å². The van der Waals surface area contributed by atoms with Crippen molar-refractivity contribution in [2.75, 3.05) is 27.2 Å². The summed E-state index contributed by atoms with van der Waals surface area (Å²) in [5.74, 6) is 0.209. The van der Waals surface area contributed by atoms with Crippen molar-refractivity contribution in [2.24, 2.45) is 0 Å². The fourth-order valence-electron chi connectivity index (χ4n) is 1.60. The van der Waals surface area contributed by atoms with E-state index in [9.17, 15) is 4.79 Å². The van der Waals surface area contributed by atoms with Gasteiger partial charge in [-0.05, 0) is 26.0 Å². The Morgan fingerprint density at radius 3 is 2.53 bits per heavy atom. The standard InChI is InChI=1S/C14H22N2O/c1-12-4-6-13(7-5-12)8-9-14(17)16(3)11-10-15-2/h4-7,15H,8-11H2,1-3H3. The lowest BCUT2D eigenvalue weighted by atomic mass is 10.1. The van der Waals surface area contributed by atoms with Crippen LogP contribution in [0.25, 0.3) is 0 Å². The third kappa shape index (κ3) is 5.00. The fraction of sp³-hybridized carbons (Fsp3) is 0.500. The van der Waals surface area contributed by atoms with Crippen molar-refractivity contribution in [2.45, 2.75) is 19.8 Å². The summed E-state index contributed by atoms with van der Waals surface area (Å²) in [4.78, 5) is 13.6. The number of nitrogens with zero attached hydrogens (tertiary/aromatic N) is 1. The van der Waals surface area contributed by atoms with E-state index in [0.717, 1.165) is 19.5 Å². The highest BCUT2D eigenvalue weighted by Crippen LogP contribution is 2.06. The van der Waals surface area contributed by atoms with Crippen molar-refractivity contribution in [1.29, 1.82) is 0 Å². The molecule has 1 amide bonds. The van der Waals surface area contributed by atoms with Gasteiger partial charge in [0.2, 0.25) is 5.91 Å². The zero-order valence-electron chi connectivity index (χ0n) is 11.0. The fourth-order valence-corrected chi connectivity index (χ4v) is 1.60. The number of carbonyl (C=O) groups is 1. The minimum atomic E-state index is 0.209. The maximum atomic E-state index is 11.8. The molecular formula is C14H22N2O. The molecule has 1 aromatic rings. The third-order valence-electron chi connectivity index (χ3n) is 2.87. The third-order valence-corrected chi connectivity index (χ3v) is 2.87. The van der Waals surface area contributed by atoms with Gasteiger partial charge in [-0.25, -0.2) is 0 Å². The molecule has 0 aliphatic carbocycles. The molecule has 0 spiro atoms. The highest BCUT2D eigenvalue weighted by atomic mass is 16.2. The van der Waals surface area contributed by atoms with Crippen LogP contribution in [0.4, 0.5) is 0 Å².